The highest BCUT2D eigenvalue weighted by Crippen LogP contribution is 2.56. The van der Waals surface area contributed by atoms with Crippen molar-refractivity contribution < 1.29 is 9.47 Å². The van der Waals surface area contributed by atoms with E-state index >= 15 is 0 Å². The second-order valence-corrected chi connectivity index (χ2v) is 10.7. The third kappa shape index (κ3) is 3.30. The Morgan fingerprint density at radius 1 is 0.500 bits per heavy atom. The molecule has 0 aliphatic heterocycles. The largest absolute Gasteiger partial charge is 0.488 e. The molecule has 7 rings (SSSR count). The van der Waals surface area contributed by atoms with Gasteiger partial charge < -0.3 is 9.47 Å². The van der Waals surface area contributed by atoms with E-state index in [0.717, 1.165) is 11.5 Å². The lowest BCUT2D eigenvalue weighted by Crippen LogP contribution is -1.98. The Morgan fingerprint density at radius 2 is 0.941 bits per heavy atom. The number of hydrogen-bond donors (Lipinski definition) is 0. The van der Waals surface area contributed by atoms with Crippen molar-refractivity contribution in [2.45, 2.75) is 13.2 Å². The molecule has 0 atom stereocenters. The van der Waals surface area contributed by atoms with Crippen molar-refractivity contribution in [1.29, 1.82) is 0 Å². The zero-order valence-corrected chi connectivity index (χ0v) is 19.9. The molecule has 6 aromatic rings. The van der Waals surface area contributed by atoms with Crippen LogP contribution in [0.5, 0.6) is 11.5 Å². The predicted octanol–water partition coefficient (Wildman–Crippen LogP) is 8.92. The van der Waals surface area contributed by atoms with Crippen LogP contribution in [0.3, 0.4) is 0 Å². The number of benzene rings is 4. The normalized spacial score (nSPS) is 11.8. The molecule has 0 spiro atoms. The minimum Gasteiger partial charge on any atom is -0.488 e. The van der Waals surface area contributed by atoms with E-state index in [1.807, 2.05) is 83.3 Å². The summed E-state index contributed by atoms with van der Waals surface area (Å²) in [5.74, 6) is 1.82. The van der Waals surface area contributed by atoms with Crippen molar-refractivity contribution in [2.24, 2.45) is 0 Å². The van der Waals surface area contributed by atoms with Gasteiger partial charge in [0, 0.05) is 30.3 Å². The topological polar surface area (TPSA) is 18.5 Å². The van der Waals surface area contributed by atoms with Gasteiger partial charge in [-0.05, 0) is 58.3 Å². The number of rotatable bonds is 6. The van der Waals surface area contributed by atoms with Gasteiger partial charge in [0.15, 0.2) is 0 Å². The molecular formula is C30H20O2S2. The van der Waals surface area contributed by atoms with Crippen molar-refractivity contribution in [3.8, 4) is 33.8 Å². The summed E-state index contributed by atoms with van der Waals surface area (Å²) in [5, 5.41) is 2.59. The maximum absolute atomic E-state index is 5.99. The molecule has 0 amide bonds. The van der Waals surface area contributed by atoms with Crippen LogP contribution in [-0.4, -0.2) is 0 Å². The minimum absolute atomic E-state index is 0.597. The molecule has 0 saturated carbocycles. The quantitative estimate of drug-likeness (QED) is 0.238. The third-order valence-electron chi connectivity index (χ3n) is 6.26. The van der Waals surface area contributed by atoms with E-state index in [4.69, 9.17) is 9.47 Å². The van der Waals surface area contributed by atoms with Gasteiger partial charge in [-0.15, -0.1) is 22.7 Å². The summed E-state index contributed by atoms with van der Waals surface area (Å²) in [6.07, 6.45) is 0. The highest BCUT2D eigenvalue weighted by Gasteiger charge is 2.28. The van der Waals surface area contributed by atoms with Crippen LogP contribution < -0.4 is 9.47 Å². The van der Waals surface area contributed by atoms with Crippen molar-refractivity contribution >= 4 is 42.8 Å². The van der Waals surface area contributed by atoms with E-state index in [2.05, 4.69) is 36.4 Å². The Labute approximate surface area is 205 Å². The molecule has 34 heavy (non-hydrogen) atoms. The molecule has 1 aliphatic carbocycles. The van der Waals surface area contributed by atoms with Gasteiger partial charge in [-0.1, -0.05) is 60.7 Å². The van der Waals surface area contributed by atoms with Crippen LogP contribution in [0, 0.1) is 0 Å². The van der Waals surface area contributed by atoms with Crippen molar-refractivity contribution in [1.82, 2.24) is 0 Å². The minimum atomic E-state index is 0.597. The van der Waals surface area contributed by atoms with E-state index in [1.165, 1.54) is 52.2 Å². The van der Waals surface area contributed by atoms with Gasteiger partial charge in [0.2, 0.25) is 0 Å². The number of thiophene rings is 2. The van der Waals surface area contributed by atoms with Crippen LogP contribution >= 0.6 is 22.7 Å². The maximum Gasteiger partial charge on any atom is 0.122 e. The first kappa shape index (κ1) is 19.8. The number of para-hydroxylation sites is 2. The van der Waals surface area contributed by atoms with E-state index in [1.54, 1.807) is 0 Å². The zero-order valence-electron chi connectivity index (χ0n) is 18.3. The van der Waals surface area contributed by atoms with Gasteiger partial charge in [-0.3, -0.25) is 0 Å². The molecule has 164 valence electrons. The summed E-state index contributed by atoms with van der Waals surface area (Å²) < 4.78 is 14.7. The second kappa shape index (κ2) is 8.01. The fraction of sp³-hybridized carbons (Fsp3) is 0.0667. The lowest BCUT2D eigenvalue weighted by atomic mass is 9.79. The van der Waals surface area contributed by atoms with Gasteiger partial charge in [0.05, 0.1) is 0 Å². The predicted molar refractivity (Wildman–Crippen MR) is 143 cm³/mol. The number of fused-ring (bicyclic) bond motifs is 8. The van der Waals surface area contributed by atoms with Crippen LogP contribution in [0.25, 0.3) is 42.4 Å². The highest BCUT2D eigenvalue weighted by molar-refractivity contribution is 7.20. The molecule has 2 heterocycles. The maximum atomic E-state index is 5.99. The Morgan fingerprint density at radius 3 is 1.38 bits per heavy atom. The van der Waals surface area contributed by atoms with Crippen LogP contribution in [0.1, 0.15) is 9.75 Å². The number of hydrogen-bond acceptors (Lipinski definition) is 4. The zero-order chi connectivity index (χ0) is 22.5. The molecule has 4 aromatic carbocycles. The molecule has 0 N–H and O–H groups in total. The lowest BCUT2D eigenvalue weighted by Gasteiger charge is -2.25. The number of ether oxygens (including phenoxy) is 2. The van der Waals surface area contributed by atoms with Gasteiger partial charge in [-0.25, -0.2) is 0 Å². The summed E-state index contributed by atoms with van der Waals surface area (Å²) in [7, 11) is 0. The molecule has 1 aliphatic rings. The monoisotopic (exact) mass is 476 g/mol. The van der Waals surface area contributed by atoms with Gasteiger partial charge in [0.25, 0.3) is 0 Å². The van der Waals surface area contributed by atoms with Crippen LogP contribution in [0.4, 0.5) is 0 Å². The molecule has 0 fully saturated rings. The summed E-state index contributed by atoms with van der Waals surface area (Å²) in [5.41, 5.74) is 5.51. The Hall–Kier alpha value is -3.60. The third-order valence-corrected chi connectivity index (χ3v) is 8.55. The van der Waals surface area contributed by atoms with Crippen molar-refractivity contribution in [3.05, 3.63) is 107 Å². The van der Waals surface area contributed by atoms with Crippen LogP contribution in [-0.2, 0) is 13.2 Å². The SMILES string of the molecule is c1ccc(OCc2cc3ccc4c(c3s2)-c2ccc3cc(COc5ccccc5)sc3c2-4)cc1. The van der Waals surface area contributed by atoms with Crippen molar-refractivity contribution in [2.75, 3.05) is 0 Å². The van der Waals surface area contributed by atoms with Gasteiger partial charge in [0.1, 0.15) is 24.7 Å². The molecule has 0 radical (unpaired) electrons. The summed E-state index contributed by atoms with van der Waals surface area (Å²) in [6.45, 7) is 1.19. The van der Waals surface area contributed by atoms with E-state index in [0.29, 0.717) is 13.2 Å². The molecule has 0 bridgehead atoms. The fourth-order valence-electron chi connectivity index (χ4n) is 4.69. The molecule has 0 saturated heterocycles. The standard InChI is InChI=1S/C30H20O2S2/c1-3-7-21(8-4-1)31-17-23-15-19-11-13-25-27(29(19)33-23)26-14-12-20-16-24(34-30(20)28(25)26)18-32-22-9-5-2-6-10-22/h1-16H,17-18H2. The first-order chi connectivity index (χ1) is 16.8. The Kier molecular flexibility index (Phi) is 4.67. The molecule has 2 nitrogen and oxygen atoms in total. The summed E-state index contributed by atoms with van der Waals surface area (Å²) in [4.78, 5) is 2.50. The molecule has 4 heteroatoms. The van der Waals surface area contributed by atoms with Gasteiger partial charge >= 0.3 is 0 Å². The lowest BCUT2D eigenvalue weighted by molar-refractivity contribution is 0.310. The highest BCUT2D eigenvalue weighted by atomic mass is 32.1. The average molecular weight is 477 g/mol. The molecular weight excluding hydrogens is 456 g/mol. The first-order valence-corrected chi connectivity index (χ1v) is 12.9. The second-order valence-electron chi connectivity index (χ2n) is 8.44. The first-order valence-electron chi connectivity index (χ1n) is 11.3. The Bertz CT molecular complexity index is 1510. The van der Waals surface area contributed by atoms with Crippen LogP contribution in [0.15, 0.2) is 97.1 Å². The molecule has 0 unspecified atom stereocenters. The van der Waals surface area contributed by atoms with E-state index in [9.17, 15) is 0 Å². The summed E-state index contributed by atoms with van der Waals surface area (Å²) in [6, 6.07) is 33.7. The van der Waals surface area contributed by atoms with E-state index in [-0.39, 0.29) is 0 Å². The molecule has 2 aromatic heterocycles. The van der Waals surface area contributed by atoms with Crippen molar-refractivity contribution in [3.63, 3.8) is 0 Å². The average Bonchev–Trinajstić information content (AvgIpc) is 3.47. The van der Waals surface area contributed by atoms with Gasteiger partial charge in [-0.2, -0.15) is 0 Å². The Balaban J connectivity index is 1.19. The smallest absolute Gasteiger partial charge is 0.122 e. The summed E-state index contributed by atoms with van der Waals surface area (Å²) >= 11 is 3.69. The fourth-order valence-corrected chi connectivity index (χ4v) is 6.95. The van der Waals surface area contributed by atoms with E-state index < -0.39 is 0 Å². The van der Waals surface area contributed by atoms with Crippen LogP contribution in [0.2, 0.25) is 0 Å².